The lowest BCUT2D eigenvalue weighted by atomic mass is 9.87. The van der Waals surface area contributed by atoms with Gasteiger partial charge in [0.15, 0.2) is 0 Å². The van der Waals surface area contributed by atoms with Crippen molar-refractivity contribution in [2.24, 2.45) is 5.92 Å². The van der Waals surface area contributed by atoms with Gasteiger partial charge in [-0.15, -0.1) is 0 Å². The first-order valence-electron chi connectivity index (χ1n) is 10.2. The predicted octanol–water partition coefficient (Wildman–Crippen LogP) is 3.84. The summed E-state index contributed by atoms with van der Waals surface area (Å²) in [4.78, 5) is 41.5. The molecule has 32 heavy (non-hydrogen) atoms. The van der Waals surface area contributed by atoms with Gasteiger partial charge in [0.25, 0.3) is 5.91 Å². The summed E-state index contributed by atoms with van der Waals surface area (Å²) in [6.07, 6.45) is 0.247. The first-order valence-corrected chi connectivity index (χ1v) is 11.0. The molecule has 3 saturated heterocycles. The number of halogens is 2. The Labute approximate surface area is 195 Å². The Balaban J connectivity index is 1.67. The Morgan fingerprint density at radius 1 is 0.938 bits per heavy atom. The number of carbonyl (C=O) groups is 3. The fourth-order valence-electron chi connectivity index (χ4n) is 5.21. The van der Waals surface area contributed by atoms with Crippen LogP contribution in [0.25, 0.3) is 0 Å². The molecule has 0 spiro atoms. The lowest BCUT2D eigenvalue weighted by Gasteiger charge is -2.38. The molecule has 166 valence electrons. The Morgan fingerprint density at radius 2 is 1.56 bits per heavy atom. The lowest BCUT2D eigenvalue weighted by Crippen LogP contribution is -2.50. The van der Waals surface area contributed by atoms with Crippen molar-refractivity contribution in [1.82, 2.24) is 10.0 Å². The van der Waals surface area contributed by atoms with Crippen molar-refractivity contribution >= 4 is 46.6 Å². The van der Waals surface area contributed by atoms with Gasteiger partial charge < -0.3 is 4.74 Å². The minimum Gasteiger partial charge on any atom is -0.497 e. The smallest absolute Gasteiger partial charge is 0.259 e. The third kappa shape index (κ3) is 2.81. The van der Waals surface area contributed by atoms with Crippen LogP contribution in [-0.2, 0) is 14.4 Å². The molecule has 5 rings (SSSR count). The fraction of sp³-hybridized carbons (Fsp3) is 0.348. The van der Waals surface area contributed by atoms with Gasteiger partial charge in [-0.05, 0) is 43.7 Å². The molecule has 3 aliphatic rings. The van der Waals surface area contributed by atoms with Crippen molar-refractivity contribution in [3.05, 3.63) is 58.1 Å². The van der Waals surface area contributed by atoms with Crippen LogP contribution in [0.5, 0.6) is 5.75 Å². The van der Waals surface area contributed by atoms with Crippen molar-refractivity contribution in [2.45, 2.75) is 37.9 Å². The molecule has 0 bridgehead atoms. The number of ether oxygens (including phenoxy) is 1. The molecule has 3 atom stereocenters. The number of hydrogen-bond acceptors (Lipinski definition) is 5. The number of anilines is 1. The van der Waals surface area contributed by atoms with E-state index in [0.29, 0.717) is 5.75 Å². The zero-order chi connectivity index (χ0) is 22.9. The number of amides is 3. The number of rotatable bonds is 3. The van der Waals surface area contributed by atoms with E-state index < -0.39 is 35.4 Å². The normalized spacial score (nSPS) is 26.7. The summed E-state index contributed by atoms with van der Waals surface area (Å²) in [7, 11) is 1.58. The van der Waals surface area contributed by atoms with Gasteiger partial charge in [0.05, 0.1) is 34.8 Å². The zero-order valence-electron chi connectivity index (χ0n) is 17.7. The van der Waals surface area contributed by atoms with Crippen molar-refractivity contribution in [1.29, 1.82) is 0 Å². The third-order valence-electron chi connectivity index (χ3n) is 6.50. The number of carbonyl (C=O) groups excluding carboxylic acids is 3. The number of imide groups is 1. The lowest BCUT2D eigenvalue weighted by molar-refractivity contribution is -0.146. The third-order valence-corrected chi connectivity index (χ3v) is 7.11. The summed E-state index contributed by atoms with van der Waals surface area (Å²) in [6, 6.07) is 10.7. The number of methoxy groups -OCH3 is 1. The number of nitrogens with zero attached hydrogens (tertiary/aromatic N) is 3. The quantitative estimate of drug-likeness (QED) is 0.633. The van der Waals surface area contributed by atoms with Crippen LogP contribution in [0.4, 0.5) is 5.69 Å². The first-order chi connectivity index (χ1) is 15.2. The molecular formula is C23H21Cl2N3O4. The van der Waals surface area contributed by atoms with Crippen LogP contribution < -0.4 is 9.64 Å². The van der Waals surface area contributed by atoms with Crippen LogP contribution in [0, 0.1) is 5.92 Å². The zero-order valence-corrected chi connectivity index (χ0v) is 19.2. The van der Waals surface area contributed by atoms with Gasteiger partial charge in [-0.1, -0.05) is 41.4 Å². The predicted molar refractivity (Wildman–Crippen MR) is 119 cm³/mol. The summed E-state index contributed by atoms with van der Waals surface area (Å²) in [5.74, 6) is -1.22. The molecule has 2 aromatic rings. The summed E-state index contributed by atoms with van der Waals surface area (Å²) < 4.78 is 5.27. The number of para-hydroxylation sites is 1. The summed E-state index contributed by atoms with van der Waals surface area (Å²) >= 11 is 12.7. The van der Waals surface area contributed by atoms with Gasteiger partial charge in [-0.2, -0.15) is 0 Å². The van der Waals surface area contributed by atoms with Crippen LogP contribution in [0.2, 0.25) is 10.0 Å². The highest BCUT2D eigenvalue weighted by atomic mass is 35.5. The molecule has 0 radical (unpaired) electrons. The SMILES string of the molecule is COc1ccc([C@H]2[C@@H]3C(=O)N(c4c(Cl)cccc4Cl)C(=O)[C@@H]3N3C(=O)CC(C)(C)N23)cc1. The maximum absolute atomic E-state index is 13.8. The van der Waals surface area contributed by atoms with E-state index in [2.05, 4.69) is 0 Å². The second kappa shape index (κ2) is 7.20. The van der Waals surface area contributed by atoms with Gasteiger partial charge in [0.2, 0.25) is 11.8 Å². The molecule has 9 heteroatoms. The molecule has 3 amide bonds. The number of fused-ring (bicyclic) bond motifs is 3. The van der Waals surface area contributed by atoms with Gasteiger partial charge in [0, 0.05) is 12.0 Å². The monoisotopic (exact) mass is 473 g/mol. The molecule has 3 heterocycles. The summed E-state index contributed by atoms with van der Waals surface area (Å²) in [6.45, 7) is 3.89. The van der Waals surface area contributed by atoms with Crippen molar-refractivity contribution in [2.75, 3.05) is 12.0 Å². The number of hydrogen-bond donors (Lipinski definition) is 0. The van der Waals surface area contributed by atoms with Gasteiger partial charge >= 0.3 is 0 Å². The van der Waals surface area contributed by atoms with Crippen LogP contribution >= 0.6 is 23.2 Å². The van der Waals surface area contributed by atoms with E-state index in [-0.39, 0.29) is 28.1 Å². The highest BCUT2D eigenvalue weighted by molar-refractivity contribution is 6.42. The Bertz CT molecular complexity index is 1130. The number of benzene rings is 2. The van der Waals surface area contributed by atoms with Crippen LogP contribution in [-0.4, -0.2) is 46.4 Å². The van der Waals surface area contributed by atoms with Gasteiger partial charge in [-0.3, -0.25) is 19.4 Å². The second-order valence-corrected chi connectivity index (χ2v) is 9.66. The van der Waals surface area contributed by atoms with Crippen molar-refractivity contribution in [3.8, 4) is 5.75 Å². The van der Waals surface area contributed by atoms with E-state index in [0.717, 1.165) is 10.5 Å². The van der Waals surface area contributed by atoms with Gasteiger partial charge in [0.1, 0.15) is 11.8 Å². The first kappa shape index (κ1) is 21.2. The standard InChI is InChI=1S/C23H21Cl2N3O4/c1-23(2)11-16(29)27-20-17(18(28(23)27)12-7-9-13(32-3)10-8-12)21(30)26(22(20)31)19-14(24)5-4-6-15(19)25/h4-10,17-18,20H,11H2,1-3H3/t17-,18-,20+/m0/s1. The fourth-order valence-corrected chi connectivity index (χ4v) is 5.78. The van der Waals surface area contributed by atoms with Crippen molar-refractivity contribution < 1.29 is 19.1 Å². The van der Waals surface area contributed by atoms with E-state index in [9.17, 15) is 14.4 Å². The molecule has 0 aliphatic carbocycles. The highest BCUT2D eigenvalue weighted by Gasteiger charge is 2.68. The molecular weight excluding hydrogens is 453 g/mol. The average molecular weight is 474 g/mol. The van der Waals surface area contributed by atoms with Crippen LogP contribution in [0.1, 0.15) is 31.9 Å². The van der Waals surface area contributed by atoms with E-state index in [1.807, 2.05) is 43.1 Å². The van der Waals surface area contributed by atoms with Crippen LogP contribution in [0.15, 0.2) is 42.5 Å². The van der Waals surface area contributed by atoms with E-state index in [4.69, 9.17) is 27.9 Å². The van der Waals surface area contributed by atoms with Crippen LogP contribution in [0.3, 0.4) is 0 Å². The van der Waals surface area contributed by atoms with Gasteiger partial charge in [-0.25, -0.2) is 9.91 Å². The van der Waals surface area contributed by atoms with E-state index in [1.54, 1.807) is 25.3 Å². The molecule has 0 saturated carbocycles. The summed E-state index contributed by atoms with van der Waals surface area (Å²) in [5, 5.41) is 3.77. The van der Waals surface area contributed by atoms with Crippen molar-refractivity contribution in [3.63, 3.8) is 0 Å². The average Bonchev–Trinajstić information content (AvgIpc) is 3.31. The largest absolute Gasteiger partial charge is 0.497 e. The minimum atomic E-state index is -0.948. The highest BCUT2D eigenvalue weighted by Crippen LogP contribution is 2.54. The summed E-state index contributed by atoms with van der Waals surface area (Å²) in [5.41, 5.74) is 0.421. The molecule has 3 fully saturated rings. The molecule has 0 aromatic heterocycles. The maximum atomic E-state index is 13.8. The Morgan fingerprint density at radius 3 is 2.16 bits per heavy atom. The second-order valence-electron chi connectivity index (χ2n) is 8.84. The molecule has 0 unspecified atom stereocenters. The number of hydrazine groups is 1. The topological polar surface area (TPSA) is 70.2 Å². The van der Waals surface area contributed by atoms with E-state index in [1.165, 1.54) is 5.01 Å². The molecule has 2 aromatic carbocycles. The van der Waals surface area contributed by atoms with E-state index >= 15 is 0 Å². The minimum absolute atomic E-state index is 0.158. The Kier molecular flexibility index (Phi) is 4.78. The molecule has 0 N–H and O–H groups in total. The maximum Gasteiger partial charge on any atom is 0.259 e. The molecule has 3 aliphatic heterocycles. The Hall–Kier alpha value is -2.61. The molecule has 7 nitrogen and oxygen atoms in total.